The monoisotopic (exact) mass is 290 g/mol. The smallest absolute Gasteiger partial charge is 0.333 e. The minimum Gasteiger partial charge on any atom is -0.489 e. The summed E-state index contributed by atoms with van der Waals surface area (Å²) in [5.41, 5.74) is 1.12. The summed E-state index contributed by atoms with van der Waals surface area (Å²) in [5.74, 6) is 0.223. The van der Waals surface area contributed by atoms with Crippen LogP contribution in [0.2, 0.25) is 0 Å². The van der Waals surface area contributed by atoms with E-state index in [1.807, 2.05) is 0 Å². The molecule has 0 fully saturated rings. The highest BCUT2D eigenvalue weighted by Gasteiger charge is 2.10. The molecule has 0 radical (unpaired) electrons. The van der Waals surface area contributed by atoms with E-state index in [-0.39, 0.29) is 12.6 Å². The molecule has 0 aromatic heterocycles. The van der Waals surface area contributed by atoms with Gasteiger partial charge in [0.2, 0.25) is 0 Å². The predicted octanol–water partition coefficient (Wildman–Crippen LogP) is 3.56. The number of esters is 1. The fourth-order valence-corrected chi connectivity index (χ4v) is 1.82. The fourth-order valence-electron chi connectivity index (χ4n) is 1.82. The molecule has 0 heterocycles. The van der Waals surface area contributed by atoms with E-state index in [1.54, 1.807) is 37.3 Å². The lowest BCUT2D eigenvalue weighted by Gasteiger charge is -2.09. The molecule has 0 bridgehead atoms. The van der Waals surface area contributed by atoms with E-state index >= 15 is 0 Å². The standard InChI is InChI=1S/C17H22O4/c1-3-5-8-14(17(19)20-4-2)11-12-21-16-10-7-6-9-15(16)13-18/h6-7,9-11,13H,3-5,8,12H2,1-2H3/b14-11-. The lowest BCUT2D eigenvalue weighted by atomic mass is 10.1. The van der Waals surface area contributed by atoms with Crippen molar-refractivity contribution in [3.63, 3.8) is 0 Å². The average Bonchev–Trinajstić information content (AvgIpc) is 2.51. The van der Waals surface area contributed by atoms with Gasteiger partial charge in [0, 0.05) is 5.57 Å². The Balaban J connectivity index is 2.68. The van der Waals surface area contributed by atoms with Gasteiger partial charge in [0.15, 0.2) is 6.29 Å². The number of carbonyl (C=O) groups excluding carboxylic acids is 2. The highest BCUT2D eigenvalue weighted by atomic mass is 16.5. The van der Waals surface area contributed by atoms with Gasteiger partial charge in [-0.15, -0.1) is 0 Å². The van der Waals surface area contributed by atoms with Crippen molar-refractivity contribution in [2.24, 2.45) is 0 Å². The fraction of sp³-hybridized carbons (Fsp3) is 0.412. The largest absolute Gasteiger partial charge is 0.489 e. The second-order valence-electron chi connectivity index (χ2n) is 4.52. The van der Waals surface area contributed by atoms with Crippen molar-refractivity contribution in [2.75, 3.05) is 13.2 Å². The first-order valence-electron chi connectivity index (χ1n) is 7.26. The van der Waals surface area contributed by atoms with Crippen LogP contribution in [0.1, 0.15) is 43.5 Å². The van der Waals surface area contributed by atoms with Gasteiger partial charge in [0.25, 0.3) is 0 Å². The zero-order valence-corrected chi connectivity index (χ0v) is 12.6. The topological polar surface area (TPSA) is 52.6 Å². The number of aldehydes is 1. The van der Waals surface area contributed by atoms with Gasteiger partial charge in [-0.3, -0.25) is 4.79 Å². The highest BCUT2D eigenvalue weighted by Crippen LogP contribution is 2.16. The van der Waals surface area contributed by atoms with E-state index < -0.39 is 0 Å². The Kier molecular flexibility index (Phi) is 7.87. The second-order valence-corrected chi connectivity index (χ2v) is 4.52. The molecule has 1 rings (SSSR count). The molecule has 1 aromatic carbocycles. The molecule has 0 saturated carbocycles. The normalized spacial score (nSPS) is 11.0. The molecule has 4 nitrogen and oxygen atoms in total. The number of para-hydroxylation sites is 1. The van der Waals surface area contributed by atoms with Crippen LogP contribution >= 0.6 is 0 Å². The van der Waals surface area contributed by atoms with Crippen LogP contribution in [0.15, 0.2) is 35.9 Å². The molecule has 0 amide bonds. The van der Waals surface area contributed by atoms with Crippen molar-refractivity contribution >= 4 is 12.3 Å². The van der Waals surface area contributed by atoms with Gasteiger partial charge in [-0.25, -0.2) is 4.79 Å². The summed E-state index contributed by atoms with van der Waals surface area (Å²) in [7, 11) is 0. The minimum atomic E-state index is -0.293. The molecule has 0 atom stereocenters. The maximum absolute atomic E-state index is 11.8. The van der Waals surface area contributed by atoms with Crippen LogP contribution in [0.3, 0.4) is 0 Å². The van der Waals surface area contributed by atoms with Gasteiger partial charge < -0.3 is 9.47 Å². The maximum Gasteiger partial charge on any atom is 0.333 e. The quantitative estimate of drug-likeness (QED) is 0.396. The van der Waals surface area contributed by atoms with E-state index in [0.29, 0.717) is 29.9 Å². The summed E-state index contributed by atoms with van der Waals surface area (Å²) in [6.07, 6.45) is 5.09. The van der Waals surface area contributed by atoms with Crippen LogP contribution in [0.25, 0.3) is 0 Å². The van der Waals surface area contributed by atoms with Gasteiger partial charge in [-0.2, -0.15) is 0 Å². The molecule has 0 unspecified atom stereocenters. The van der Waals surface area contributed by atoms with Crippen molar-refractivity contribution in [3.8, 4) is 5.75 Å². The number of unbranched alkanes of at least 4 members (excludes halogenated alkanes) is 1. The summed E-state index contributed by atoms with van der Waals surface area (Å²) in [5, 5.41) is 0. The number of rotatable bonds is 9. The maximum atomic E-state index is 11.8. The Bertz CT molecular complexity index is 491. The zero-order chi connectivity index (χ0) is 15.5. The van der Waals surface area contributed by atoms with Crippen molar-refractivity contribution in [3.05, 3.63) is 41.5 Å². The molecule has 4 heteroatoms. The molecular weight excluding hydrogens is 268 g/mol. The number of hydrogen-bond acceptors (Lipinski definition) is 4. The van der Waals surface area contributed by atoms with Crippen LogP contribution in [-0.4, -0.2) is 25.5 Å². The van der Waals surface area contributed by atoms with Gasteiger partial charge in [0.1, 0.15) is 12.4 Å². The summed E-state index contributed by atoms with van der Waals surface area (Å²) in [4.78, 5) is 22.7. The van der Waals surface area contributed by atoms with Crippen LogP contribution in [-0.2, 0) is 9.53 Å². The first-order valence-corrected chi connectivity index (χ1v) is 7.26. The molecule has 0 spiro atoms. The average molecular weight is 290 g/mol. The number of benzene rings is 1. The van der Waals surface area contributed by atoms with E-state index in [9.17, 15) is 9.59 Å². The summed E-state index contributed by atoms with van der Waals surface area (Å²) in [6, 6.07) is 7.00. The zero-order valence-electron chi connectivity index (χ0n) is 12.6. The van der Waals surface area contributed by atoms with Crippen molar-refractivity contribution in [1.29, 1.82) is 0 Å². The Morgan fingerprint density at radius 1 is 1.24 bits per heavy atom. The number of ether oxygens (including phenoxy) is 2. The number of carbonyl (C=O) groups is 2. The summed E-state index contributed by atoms with van der Waals surface area (Å²) in [6.45, 7) is 4.45. The molecule has 0 aliphatic carbocycles. The molecule has 21 heavy (non-hydrogen) atoms. The molecule has 0 aliphatic rings. The van der Waals surface area contributed by atoms with E-state index in [1.165, 1.54) is 0 Å². The summed E-state index contributed by atoms with van der Waals surface area (Å²) >= 11 is 0. The van der Waals surface area contributed by atoms with Crippen LogP contribution < -0.4 is 4.74 Å². The molecule has 1 aromatic rings. The minimum absolute atomic E-state index is 0.239. The van der Waals surface area contributed by atoms with Crippen molar-refractivity contribution in [2.45, 2.75) is 33.1 Å². The van der Waals surface area contributed by atoms with E-state index in [0.717, 1.165) is 19.1 Å². The third-order valence-corrected chi connectivity index (χ3v) is 2.95. The van der Waals surface area contributed by atoms with E-state index in [2.05, 4.69) is 6.92 Å². The van der Waals surface area contributed by atoms with E-state index in [4.69, 9.17) is 9.47 Å². The highest BCUT2D eigenvalue weighted by molar-refractivity contribution is 5.88. The van der Waals surface area contributed by atoms with Gasteiger partial charge in [0.05, 0.1) is 12.2 Å². The molecule has 114 valence electrons. The third kappa shape index (κ3) is 5.81. The first kappa shape index (κ1) is 17.0. The lowest BCUT2D eigenvalue weighted by molar-refractivity contribution is -0.138. The van der Waals surface area contributed by atoms with Gasteiger partial charge in [-0.05, 0) is 38.0 Å². The third-order valence-electron chi connectivity index (χ3n) is 2.95. The SMILES string of the molecule is CCCC/C(=C/COc1ccccc1C=O)C(=O)OCC. The Hall–Kier alpha value is -2.10. The van der Waals surface area contributed by atoms with Crippen LogP contribution in [0, 0.1) is 0 Å². The molecule has 0 aliphatic heterocycles. The Morgan fingerprint density at radius 2 is 2.00 bits per heavy atom. The first-order chi connectivity index (χ1) is 10.2. The lowest BCUT2D eigenvalue weighted by Crippen LogP contribution is -2.09. The van der Waals surface area contributed by atoms with Crippen molar-refractivity contribution < 1.29 is 19.1 Å². The number of hydrogen-bond donors (Lipinski definition) is 0. The summed E-state index contributed by atoms with van der Waals surface area (Å²) < 4.78 is 10.6. The molecular formula is C17H22O4. The van der Waals surface area contributed by atoms with Crippen LogP contribution in [0.5, 0.6) is 5.75 Å². The Labute approximate surface area is 125 Å². The second kappa shape index (κ2) is 9.75. The predicted molar refractivity (Wildman–Crippen MR) is 81.6 cm³/mol. The van der Waals surface area contributed by atoms with Crippen molar-refractivity contribution in [1.82, 2.24) is 0 Å². The van der Waals surface area contributed by atoms with Crippen LogP contribution in [0.4, 0.5) is 0 Å². The van der Waals surface area contributed by atoms with Gasteiger partial charge in [-0.1, -0.05) is 25.5 Å². The molecule has 0 saturated heterocycles. The molecule has 0 N–H and O–H groups in total. The Morgan fingerprint density at radius 3 is 2.67 bits per heavy atom. The van der Waals surface area contributed by atoms with Gasteiger partial charge >= 0.3 is 5.97 Å².